The van der Waals surface area contributed by atoms with Crippen molar-refractivity contribution in [2.24, 2.45) is 0 Å². The molecule has 3 nitrogen and oxygen atoms in total. The van der Waals surface area contributed by atoms with Gasteiger partial charge in [0.15, 0.2) is 0 Å². The Morgan fingerprint density at radius 1 is 0.350 bits per heavy atom. The van der Waals surface area contributed by atoms with Crippen molar-refractivity contribution in [2.75, 3.05) is 0 Å². The van der Waals surface area contributed by atoms with Gasteiger partial charge in [-0.2, -0.15) is 0 Å². The number of benzene rings is 8. The van der Waals surface area contributed by atoms with Crippen LogP contribution < -0.4 is 0 Å². The van der Waals surface area contributed by atoms with E-state index < -0.39 is 5.41 Å². The zero-order valence-electron chi connectivity index (χ0n) is 32.3. The van der Waals surface area contributed by atoms with Gasteiger partial charge in [-0.25, -0.2) is 15.0 Å². The van der Waals surface area contributed by atoms with Gasteiger partial charge in [0.25, 0.3) is 0 Å². The molecule has 8 aromatic carbocycles. The SMILES string of the molecule is c1ccc(-c2ccc3ccc4ccc(-c5ccc6c(c5)nc(-c5ccccc5)c5cc7c(cc56)Sc5ccccc5C75c6ccccc6-c6ccccc65)nc4c3n2)cc1. The predicted octanol–water partition coefficient (Wildman–Crippen LogP) is 14.3. The molecule has 11 aromatic rings. The van der Waals surface area contributed by atoms with E-state index in [0.29, 0.717) is 0 Å². The van der Waals surface area contributed by atoms with Crippen LogP contribution in [0.2, 0.25) is 0 Å². The van der Waals surface area contributed by atoms with Crippen LogP contribution in [0.4, 0.5) is 0 Å². The molecule has 0 N–H and O–H groups in total. The maximum Gasteiger partial charge on any atom is 0.0972 e. The minimum atomic E-state index is -0.464. The number of rotatable bonds is 3. The first-order valence-corrected chi connectivity index (χ1v) is 21.2. The van der Waals surface area contributed by atoms with Crippen molar-refractivity contribution in [3.8, 4) is 44.9 Å². The van der Waals surface area contributed by atoms with E-state index in [2.05, 4.69) is 194 Å². The standard InChI is InChI=1S/C56H33N3S/c1-3-13-34(14-4-1)48-29-26-36-23-24-37-27-30-49(58-55(37)54(36)57-48)38-25-28-41-42-33-52-47(32-43(42)53(59-50(41)31-38)35-15-5-2-6-16-35)56(46-21-11-12-22-51(46)60-52)44-19-9-7-17-39(44)40-18-8-10-20-45(40)56/h1-33H. The number of pyridine rings is 3. The molecule has 4 heterocycles. The third-order valence-electron chi connectivity index (χ3n) is 12.7. The molecule has 2 aliphatic rings. The van der Waals surface area contributed by atoms with Gasteiger partial charge in [-0.15, -0.1) is 0 Å². The minimum absolute atomic E-state index is 0.464. The Bertz CT molecular complexity index is 3530. The van der Waals surface area contributed by atoms with Crippen molar-refractivity contribution in [3.05, 3.63) is 222 Å². The molecular formula is C56H33N3S. The maximum atomic E-state index is 5.57. The number of hydrogen-bond donors (Lipinski definition) is 0. The monoisotopic (exact) mass is 779 g/mol. The first-order valence-electron chi connectivity index (χ1n) is 20.4. The van der Waals surface area contributed by atoms with Gasteiger partial charge >= 0.3 is 0 Å². The second-order valence-corrected chi connectivity index (χ2v) is 16.9. The summed E-state index contributed by atoms with van der Waals surface area (Å²) in [6.07, 6.45) is 0. The Balaban J connectivity index is 1.05. The van der Waals surface area contributed by atoms with Gasteiger partial charge in [0.05, 0.1) is 39.0 Å². The maximum absolute atomic E-state index is 5.57. The molecule has 4 heteroatoms. The van der Waals surface area contributed by atoms with Crippen LogP contribution in [0.25, 0.3) is 88.4 Å². The molecule has 60 heavy (non-hydrogen) atoms. The molecule has 0 fully saturated rings. The number of fused-ring (bicyclic) bond motifs is 15. The van der Waals surface area contributed by atoms with Crippen molar-refractivity contribution in [3.63, 3.8) is 0 Å². The topological polar surface area (TPSA) is 38.7 Å². The van der Waals surface area contributed by atoms with Crippen LogP contribution in [0.15, 0.2) is 210 Å². The number of nitrogens with zero attached hydrogens (tertiary/aromatic N) is 3. The number of hydrogen-bond acceptors (Lipinski definition) is 4. The van der Waals surface area contributed by atoms with Crippen LogP contribution in [-0.4, -0.2) is 15.0 Å². The third-order valence-corrected chi connectivity index (χ3v) is 13.8. The molecule has 1 aliphatic carbocycles. The Morgan fingerprint density at radius 3 is 1.60 bits per heavy atom. The van der Waals surface area contributed by atoms with E-state index in [0.717, 1.165) is 71.9 Å². The molecule has 278 valence electrons. The van der Waals surface area contributed by atoms with Crippen molar-refractivity contribution in [1.29, 1.82) is 0 Å². The van der Waals surface area contributed by atoms with Crippen LogP contribution in [0.5, 0.6) is 0 Å². The lowest BCUT2D eigenvalue weighted by Gasteiger charge is -2.40. The molecule has 0 atom stereocenters. The minimum Gasteiger partial charge on any atom is -0.247 e. The van der Waals surface area contributed by atoms with Crippen LogP contribution in [0.1, 0.15) is 22.3 Å². The lowest BCUT2D eigenvalue weighted by molar-refractivity contribution is 0.724. The summed E-state index contributed by atoms with van der Waals surface area (Å²) in [4.78, 5) is 18.6. The van der Waals surface area contributed by atoms with Crippen molar-refractivity contribution in [2.45, 2.75) is 15.2 Å². The average Bonchev–Trinajstić information content (AvgIpc) is 3.61. The molecule has 0 radical (unpaired) electrons. The Labute approximate surface area is 351 Å². The van der Waals surface area contributed by atoms with Crippen LogP contribution >= 0.6 is 11.8 Å². The summed E-state index contributed by atoms with van der Waals surface area (Å²) in [5, 5.41) is 5.60. The Hall–Kier alpha value is -7.40. The molecule has 0 bridgehead atoms. The lowest BCUT2D eigenvalue weighted by atomic mass is 9.67. The highest BCUT2D eigenvalue weighted by atomic mass is 32.2. The van der Waals surface area contributed by atoms with E-state index in [1.807, 2.05) is 17.8 Å². The Kier molecular flexibility index (Phi) is 7.16. The van der Waals surface area contributed by atoms with Gasteiger partial charge in [0, 0.05) is 48.0 Å². The summed E-state index contributed by atoms with van der Waals surface area (Å²) in [5.41, 5.74) is 16.2. The smallest absolute Gasteiger partial charge is 0.0972 e. The molecule has 1 spiro atoms. The summed E-state index contributed by atoms with van der Waals surface area (Å²) < 4.78 is 0. The molecule has 13 rings (SSSR count). The van der Waals surface area contributed by atoms with Crippen molar-refractivity contribution >= 4 is 55.2 Å². The van der Waals surface area contributed by atoms with Crippen LogP contribution in [0, 0.1) is 0 Å². The van der Waals surface area contributed by atoms with Crippen molar-refractivity contribution in [1.82, 2.24) is 15.0 Å². The normalized spacial score (nSPS) is 13.4. The largest absolute Gasteiger partial charge is 0.247 e. The lowest BCUT2D eigenvalue weighted by Crippen LogP contribution is -2.32. The molecule has 0 unspecified atom stereocenters. The van der Waals surface area contributed by atoms with E-state index in [1.165, 1.54) is 48.6 Å². The van der Waals surface area contributed by atoms with Gasteiger partial charge < -0.3 is 0 Å². The fourth-order valence-corrected chi connectivity index (χ4v) is 11.2. The van der Waals surface area contributed by atoms with Gasteiger partial charge in [-0.1, -0.05) is 176 Å². The molecule has 0 amide bonds. The molecule has 0 saturated carbocycles. The average molecular weight is 780 g/mol. The second-order valence-electron chi connectivity index (χ2n) is 15.9. The van der Waals surface area contributed by atoms with Gasteiger partial charge in [-0.05, 0) is 75.2 Å². The number of aromatic nitrogens is 3. The van der Waals surface area contributed by atoms with E-state index >= 15 is 0 Å². The highest BCUT2D eigenvalue weighted by Crippen LogP contribution is 2.62. The fraction of sp³-hybridized carbons (Fsp3) is 0.0179. The third kappa shape index (κ3) is 4.77. The highest BCUT2D eigenvalue weighted by molar-refractivity contribution is 7.99. The summed E-state index contributed by atoms with van der Waals surface area (Å²) in [5.74, 6) is 0. The van der Waals surface area contributed by atoms with E-state index in [-0.39, 0.29) is 0 Å². The second kappa shape index (κ2) is 12.8. The fourth-order valence-electron chi connectivity index (χ4n) is 10.0. The Morgan fingerprint density at radius 2 is 0.917 bits per heavy atom. The molecular weight excluding hydrogens is 747 g/mol. The first-order chi connectivity index (χ1) is 29.7. The summed E-state index contributed by atoms with van der Waals surface area (Å²) in [6.45, 7) is 0. The summed E-state index contributed by atoms with van der Waals surface area (Å²) in [7, 11) is 0. The zero-order valence-corrected chi connectivity index (χ0v) is 33.1. The predicted molar refractivity (Wildman–Crippen MR) is 248 cm³/mol. The first kappa shape index (κ1) is 33.6. The molecule has 3 aromatic heterocycles. The van der Waals surface area contributed by atoms with E-state index in [1.54, 1.807) is 0 Å². The molecule has 0 saturated heterocycles. The van der Waals surface area contributed by atoms with Crippen LogP contribution in [0.3, 0.4) is 0 Å². The van der Waals surface area contributed by atoms with Crippen molar-refractivity contribution < 1.29 is 0 Å². The van der Waals surface area contributed by atoms with Crippen LogP contribution in [-0.2, 0) is 5.41 Å². The summed E-state index contributed by atoms with van der Waals surface area (Å²) in [6, 6.07) is 72.4. The van der Waals surface area contributed by atoms with E-state index in [9.17, 15) is 0 Å². The molecule has 1 aliphatic heterocycles. The van der Waals surface area contributed by atoms with Gasteiger partial charge in [-0.3, -0.25) is 0 Å². The zero-order chi connectivity index (χ0) is 39.4. The quantitative estimate of drug-likeness (QED) is 0.167. The van der Waals surface area contributed by atoms with Gasteiger partial charge in [0.2, 0.25) is 0 Å². The summed E-state index contributed by atoms with van der Waals surface area (Å²) >= 11 is 1.88. The van der Waals surface area contributed by atoms with E-state index in [4.69, 9.17) is 15.0 Å². The van der Waals surface area contributed by atoms with Gasteiger partial charge in [0.1, 0.15) is 0 Å². The highest BCUT2D eigenvalue weighted by Gasteiger charge is 2.50.